The number of nitro groups is 1. The Kier molecular flexibility index (Phi) is 4.90. The monoisotopic (exact) mass is 340 g/mol. The normalized spacial score (nSPS) is 10.4. The Labute approximate surface area is 135 Å². The molecule has 2 aromatic rings. The van der Waals surface area contributed by atoms with Crippen LogP contribution in [0.5, 0.6) is 0 Å². The fourth-order valence-electron chi connectivity index (χ4n) is 1.97. The highest BCUT2D eigenvalue weighted by atomic mass is 35.5. The molecule has 23 heavy (non-hydrogen) atoms. The molecule has 0 fully saturated rings. The van der Waals surface area contributed by atoms with Crippen molar-refractivity contribution in [3.63, 3.8) is 0 Å². The standard InChI is InChI=1S/C15H11ClF2N2O3/c1-19(8-9-2-3-10(17)6-14(9)18)15(21)12-7-11(20(22)23)4-5-13(12)16/h2-7H,8H2,1H3. The first-order chi connectivity index (χ1) is 10.8. The van der Waals surface area contributed by atoms with Crippen LogP contribution in [0.2, 0.25) is 5.02 Å². The van der Waals surface area contributed by atoms with Gasteiger partial charge < -0.3 is 4.90 Å². The summed E-state index contributed by atoms with van der Waals surface area (Å²) in [6.45, 7) is -0.135. The maximum Gasteiger partial charge on any atom is 0.270 e. The molecule has 0 atom stereocenters. The molecule has 0 aliphatic carbocycles. The number of halogens is 3. The van der Waals surface area contributed by atoms with E-state index >= 15 is 0 Å². The molecule has 0 unspecified atom stereocenters. The van der Waals surface area contributed by atoms with Crippen LogP contribution >= 0.6 is 11.6 Å². The molecular weight excluding hydrogens is 330 g/mol. The quantitative estimate of drug-likeness (QED) is 0.628. The molecule has 5 nitrogen and oxygen atoms in total. The third-order valence-electron chi connectivity index (χ3n) is 3.16. The molecule has 2 rings (SSSR count). The van der Waals surface area contributed by atoms with Gasteiger partial charge in [-0.2, -0.15) is 0 Å². The van der Waals surface area contributed by atoms with Gasteiger partial charge in [0.1, 0.15) is 11.6 Å². The van der Waals surface area contributed by atoms with Gasteiger partial charge in [-0.25, -0.2) is 8.78 Å². The summed E-state index contributed by atoms with van der Waals surface area (Å²) in [7, 11) is 1.39. The lowest BCUT2D eigenvalue weighted by molar-refractivity contribution is -0.384. The van der Waals surface area contributed by atoms with Crippen molar-refractivity contribution in [2.24, 2.45) is 0 Å². The van der Waals surface area contributed by atoms with E-state index in [1.54, 1.807) is 0 Å². The van der Waals surface area contributed by atoms with Gasteiger partial charge in [-0.05, 0) is 12.1 Å². The van der Waals surface area contributed by atoms with Crippen molar-refractivity contribution in [2.75, 3.05) is 7.05 Å². The zero-order chi connectivity index (χ0) is 17.1. The van der Waals surface area contributed by atoms with E-state index in [9.17, 15) is 23.7 Å². The third-order valence-corrected chi connectivity index (χ3v) is 3.49. The second-order valence-corrected chi connectivity index (χ2v) is 5.23. The number of carbonyl (C=O) groups is 1. The van der Waals surface area contributed by atoms with Crippen molar-refractivity contribution in [1.82, 2.24) is 4.90 Å². The smallest absolute Gasteiger partial charge is 0.270 e. The van der Waals surface area contributed by atoms with E-state index in [0.717, 1.165) is 17.0 Å². The van der Waals surface area contributed by atoms with Crippen molar-refractivity contribution in [2.45, 2.75) is 6.54 Å². The van der Waals surface area contributed by atoms with E-state index in [4.69, 9.17) is 11.6 Å². The highest BCUT2D eigenvalue weighted by molar-refractivity contribution is 6.33. The molecule has 0 heterocycles. The largest absolute Gasteiger partial charge is 0.337 e. The zero-order valence-electron chi connectivity index (χ0n) is 11.9. The molecule has 0 aromatic heterocycles. The Morgan fingerprint density at radius 3 is 2.57 bits per heavy atom. The van der Waals surface area contributed by atoms with E-state index in [1.165, 1.54) is 25.2 Å². The minimum Gasteiger partial charge on any atom is -0.337 e. The van der Waals surface area contributed by atoms with Crippen LogP contribution in [-0.2, 0) is 6.54 Å². The van der Waals surface area contributed by atoms with Gasteiger partial charge in [0.25, 0.3) is 11.6 Å². The van der Waals surface area contributed by atoms with Crippen LogP contribution < -0.4 is 0 Å². The fraction of sp³-hybridized carbons (Fsp3) is 0.133. The number of nitro benzene ring substituents is 1. The number of hydrogen-bond donors (Lipinski definition) is 0. The Hall–Kier alpha value is -2.54. The maximum atomic E-state index is 13.6. The van der Waals surface area contributed by atoms with E-state index in [1.807, 2.05) is 0 Å². The van der Waals surface area contributed by atoms with Crippen LogP contribution in [0.15, 0.2) is 36.4 Å². The first kappa shape index (κ1) is 16.8. The van der Waals surface area contributed by atoms with E-state index in [-0.39, 0.29) is 28.4 Å². The van der Waals surface area contributed by atoms with Crippen molar-refractivity contribution < 1.29 is 18.5 Å². The van der Waals surface area contributed by atoms with Crippen molar-refractivity contribution in [3.8, 4) is 0 Å². The SMILES string of the molecule is CN(Cc1ccc(F)cc1F)C(=O)c1cc([N+](=O)[O-])ccc1Cl. The van der Waals surface area contributed by atoms with Gasteiger partial charge in [0.2, 0.25) is 0 Å². The fourth-order valence-corrected chi connectivity index (χ4v) is 2.17. The molecule has 120 valence electrons. The lowest BCUT2D eigenvalue weighted by Gasteiger charge is -2.18. The van der Waals surface area contributed by atoms with Crippen LogP contribution in [0.1, 0.15) is 15.9 Å². The molecule has 0 saturated carbocycles. The summed E-state index contributed by atoms with van der Waals surface area (Å²) in [5.74, 6) is -2.11. The molecule has 2 aromatic carbocycles. The molecule has 0 saturated heterocycles. The number of benzene rings is 2. The number of nitrogens with zero attached hydrogens (tertiary/aromatic N) is 2. The summed E-state index contributed by atoms with van der Waals surface area (Å²) in [4.78, 5) is 23.6. The Morgan fingerprint density at radius 2 is 1.96 bits per heavy atom. The Morgan fingerprint density at radius 1 is 1.26 bits per heavy atom. The zero-order valence-corrected chi connectivity index (χ0v) is 12.7. The maximum absolute atomic E-state index is 13.6. The average molecular weight is 341 g/mol. The van der Waals surface area contributed by atoms with Crippen molar-refractivity contribution in [3.05, 3.63) is 74.3 Å². The molecule has 8 heteroatoms. The van der Waals surface area contributed by atoms with Gasteiger partial charge in [-0.1, -0.05) is 17.7 Å². The van der Waals surface area contributed by atoms with Gasteiger partial charge >= 0.3 is 0 Å². The summed E-state index contributed by atoms with van der Waals surface area (Å²) in [5.41, 5.74) is -0.228. The van der Waals surface area contributed by atoms with Crippen molar-refractivity contribution in [1.29, 1.82) is 0 Å². The molecular formula is C15H11ClF2N2O3. The number of hydrogen-bond acceptors (Lipinski definition) is 3. The summed E-state index contributed by atoms with van der Waals surface area (Å²) < 4.78 is 26.5. The van der Waals surface area contributed by atoms with E-state index < -0.39 is 22.5 Å². The van der Waals surface area contributed by atoms with Gasteiger partial charge in [0.05, 0.1) is 15.5 Å². The molecule has 0 radical (unpaired) electrons. The second kappa shape index (κ2) is 6.70. The lowest BCUT2D eigenvalue weighted by atomic mass is 10.1. The summed E-state index contributed by atoms with van der Waals surface area (Å²) >= 11 is 5.90. The van der Waals surface area contributed by atoms with Gasteiger partial charge in [0, 0.05) is 37.4 Å². The minimum atomic E-state index is -0.783. The number of amides is 1. The number of carbonyl (C=O) groups excluding carboxylic acids is 1. The summed E-state index contributed by atoms with van der Waals surface area (Å²) in [6.07, 6.45) is 0. The number of rotatable bonds is 4. The summed E-state index contributed by atoms with van der Waals surface area (Å²) in [6, 6.07) is 6.51. The second-order valence-electron chi connectivity index (χ2n) is 4.82. The first-order valence-electron chi connectivity index (χ1n) is 6.43. The van der Waals surface area contributed by atoms with Crippen LogP contribution in [0.3, 0.4) is 0 Å². The predicted octanol–water partition coefficient (Wildman–Crippen LogP) is 3.80. The highest BCUT2D eigenvalue weighted by Gasteiger charge is 2.20. The van der Waals surface area contributed by atoms with Crippen LogP contribution in [0.4, 0.5) is 14.5 Å². The predicted molar refractivity (Wildman–Crippen MR) is 80.3 cm³/mol. The van der Waals surface area contributed by atoms with Gasteiger partial charge in [0.15, 0.2) is 0 Å². The molecule has 1 amide bonds. The first-order valence-corrected chi connectivity index (χ1v) is 6.80. The summed E-state index contributed by atoms with van der Waals surface area (Å²) in [5, 5.41) is 10.8. The van der Waals surface area contributed by atoms with Crippen LogP contribution in [0.25, 0.3) is 0 Å². The molecule has 0 aliphatic heterocycles. The third kappa shape index (κ3) is 3.81. The van der Waals surface area contributed by atoms with E-state index in [0.29, 0.717) is 6.07 Å². The minimum absolute atomic E-state index is 0.0482. The van der Waals surface area contributed by atoms with Crippen LogP contribution in [-0.4, -0.2) is 22.8 Å². The topological polar surface area (TPSA) is 63.5 Å². The number of non-ortho nitro benzene ring substituents is 1. The van der Waals surface area contributed by atoms with Crippen molar-refractivity contribution >= 4 is 23.2 Å². The highest BCUT2D eigenvalue weighted by Crippen LogP contribution is 2.24. The van der Waals surface area contributed by atoms with E-state index in [2.05, 4.69) is 0 Å². The molecule has 0 N–H and O–H groups in total. The molecule has 0 spiro atoms. The molecule has 0 aliphatic rings. The van der Waals surface area contributed by atoms with Crippen LogP contribution in [0, 0.1) is 21.7 Å². The Bertz CT molecular complexity index is 783. The van der Waals surface area contributed by atoms with Gasteiger partial charge in [-0.3, -0.25) is 14.9 Å². The Balaban J connectivity index is 2.26. The average Bonchev–Trinajstić information content (AvgIpc) is 2.49. The lowest BCUT2D eigenvalue weighted by Crippen LogP contribution is -2.27. The molecule has 0 bridgehead atoms. The van der Waals surface area contributed by atoms with Gasteiger partial charge in [-0.15, -0.1) is 0 Å².